The third-order valence-electron chi connectivity index (χ3n) is 4.53. The van der Waals surface area contributed by atoms with E-state index in [1.165, 1.54) is 16.5 Å². The zero-order valence-corrected chi connectivity index (χ0v) is 15.5. The second-order valence-corrected chi connectivity index (χ2v) is 6.89. The van der Waals surface area contributed by atoms with E-state index in [0.717, 1.165) is 24.8 Å². The van der Waals surface area contributed by atoms with Crippen molar-refractivity contribution in [2.75, 3.05) is 0 Å². The molecule has 0 radical (unpaired) electrons. The van der Waals surface area contributed by atoms with E-state index >= 15 is 0 Å². The zero-order chi connectivity index (χ0) is 17.5. The Morgan fingerprint density at radius 2 is 1.91 bits per heavy atom. The summed E-state index contributed by atoms with van der Waals surface area (Å²) in [5.74, 6) is 0.255. The van der Waals surface area contributed by atoms with E-state index < -0.39 is 0 Å². The van der Waals surface area contributed by atoms with Crippen molar-refractivity contribution in [3.8, 4) is 6.07 Å². The van der Waals surface area contributed by atoms with Crippen molar-refractivity contribution in [2.24, 2.45) is 5.92 Å². The summed E-state index contributed by atoms with van der Waals surface area (Å²) in [6, 6.07) is 10.8. The van der Waals surface area contributed by atoms with Crippen molar-refractivity contribution in [3.05, 3.63) is 41.6 Å². The summed E-state index contributed by atoms with van der Waals surface area (Å²) >= 11 is 0. The Morgan fingerprint density at radius 3 is 2.43 bits per heavy atom. The molecule has 1 unspecified atom stereocenters. The van der Waals surface area contributed by atoms with Gasteiger partial charge in [-0.05, 0) is 49.3 Å². The Hall–Kier alpha value is -1.88. The van der Waals surface area contributed by atoms with Crippen LogP contribution in [0.2, 0.25) is 0 Å². The van der Waals surface area contributed by atoms with Crippen LogP contribution in [0, 0.1) is 24.2 Å². The number of hydrogen-bond donors (Lipinski definition) is 0. The van der Waals surface area contributed by atoms with Crippen LogP contribution in [0.5, 0.6) is 0 Å². The highest BCUT2D eigenvalue weighted by Crippen LogP contribution is 2.33. The number of aromatic nitrogens is 1. The predicted molar refractivity (Wildman–Crippen MR) is 99.5 cm³/mol. The van der Waals surface area contributed by atoms with Crippen molar-refractivity contribution < 1.29 is 0 Å². The van der Waals surface area contributed by atoms with Crippen LogP contribution in [-0.4, -0.2) is 4.98 Å². The van der Waals surface area contributed by atoms with E-state index in [1.807, 2.05) is 19.2 Å². The first-order valence-electron chi connectivity index (χ1n) is 8.61. The molecule has 1 aromatic heterocycles. The third kappa shape index (κ3) is 5.06. The molecule has 1 heterocycles. The molecule has 0 spiro atoms. The minimum absolute atomic E-state index is 0.217. The van der Waals surface area contributed by atoms with E-state index in [4.69, 9.17) is 5.26 Å². The van der Waals surface area contributed by atoms with Gasteiger partial charge in [-0.2, -0.15) is 5.26 Å². The molecule has 1 atom stereocenters. The lowest BCUT2D eigenvalue weighted by atomic mass is 9.80. The van der Waals surface area contributed by atoms with Crippen LogP contribution in [0.15, 0.2) is 30.5 Å². The number of hydrogen-bond acceptors (Lipinski definition) is 2. The van der Waals surface area contributed by atoms with Crippen molar-refractivity contribution in [1.29, 1.82) is 5.26 Å². The van der Waals surface area contributed by atoms with Crippen molar-refractivity contribution in [3.63, 3.8) is 0 Å². The fourth-order valence-corrected chi connectivity index (χ4v) is 2.59. The normalized spacial score (nSPS) is 12.2. The van der Waals surface area contributed by atoms with Crippen molar-refractivity contribution in [1.82, 2.24) is 4.98 Å². The van der Waals surface area contributed by atoms with E-state index in [1.54, 1.807) is 0 Å². The molecular weight excluding hydrogens is 280 g/mol. The fraction of sp³-hybridized carbons (Fsp3) is 0.524. The fourth-order valence-electron chi connectivity index (χ4n) is 2.59. The van der Waals surface area contributed by atoms with Gasteiger partial charge in [0.05, 0.1) is 11.6 Å². The van der Waals surface area contributed by atoms with Gasteiger partial charge in [-0.25, -0.2) is 0 Å². The summed E-state index contributed by atoms with van der Waals surface area (Å²) in [5.41, 5.74) is 4.02. The lowest BCUT2D eigenvalue weighted by Crippen LogP contribution is -2.16. The van der Waals surface area contributed by atoms with Crippen molar-refractivity contribution in [2.45, 2.75) is 66.2 Å². The summed E-state index contributed by atoms with van der Waals surface area (Å²) in [7, 11) is 0. The molecule has 0 fully saturated rings. The molecule has 0 aliphatic rings. The van der Waals surface area contributed by atoms with Crippen LogP contribution in [-0.2, 0) is 5.41 Å². The third-order valence-corrected chi connectivity index (χ3v) is 4.53. The highest BCUT2D eigenvalue weighted by atomic mass is 14.6. The van der Waals surface area contributed by atoms with E-state index in [9.17, 15) is 0 Å². The minimum atomic E-state index is 0.217. The Morgan fingerprint density at radius 1 is 1.22 bits per heavy atom. The van der Waals surface area contributed by atoms with E-state index in [2.05, 4.69) is 63.9 Å². The number of nitrogens with zero attached hydrogens (tertiary/aromatic N) is 2. The van der Waals surface area contributed by atoms with Gasteiger partial charge in [0.1, 0.15) is 0 Å². The predicted octanol–water partition coefficient (Wildman–Crippen LogP) is 6.18. The highest BCUT2D eigenvalue weighted by molar-refractivity contribution is 5.85. The average Bonchev–Trinajstić information content (AvgIpc) is 2.56. The van der Waals surface area contributed by atoms with Crippen molar-refractivity contribution >= 4 is 10.9 Å². The molecule has 0 amide bonds. The Bertz CT molecular complexity index is 665. The van der Waals surface area contributed by atoms with Gasteiger partial charge in [0, 0.05) is 17.5 Å². The summed E-state index contributed by atoms with van der Waals surface area (Å²) in [4.78, 5) is 4.49. The molecule has 0 saturated carbocycles. The average molecular weight is 310 g/mol. The number of rotatable bonds is 4. The SMILES string of the molecule is CCC(C)(C)c1ccc(C)c2ncccc12.CCCC(C)C#N. The zero-order valence-electron chi connectivity index (χ0n) is 15.5. The summed E-state index contributed by atoms with van der Waals surface area (Å²) < 4.78 is 0. The van der Waals surface area contributed by atoms with Gasteiger partial charge >= 0.3 is 0 Å². The number of pyridine rings is 1. The van der Waals surface area contributed by atoms with Crippen LogP contribution in [0.1, 0.15) is 65.0 Å². The Balaban J connectivity index is 0.000000322. The maximum Gasteiger partial charge on any atom is 0.0734 e. The molecule has 23 heavy (non-hydrogen) atoms. The molecule has 0 saturated heterocycles. The van der Waals surface area contributed by atoms with Gasteiger partial charge in [-0.15, -0.1) is 0 Å². The Labute approximate surface area is 141 Å². The number of nitriles is 1. The van der Waals surface area contributed by atoms with Gasteiger partial charge in [0.25, 0.3) is 0 Å². The molecule has 0 N–H and O–H groups in total. The quantitative estimate of drug-likeness (QED) is 0.676. The first-order chi connectivity index (χ1) is 10.9. The van der Waals surface area contributed by atoms with Crippen LogP contribution < -0.4 is 0 Å². The number of fused-ring (bicyclic) bond motifs is 1. The standard InChI is InChI=1S/C15H19N.C6H11N/c1-5-15(3,4)13-9-8-11(2)14-12(13)7-6-10-16-14;1-3-4-6(2)5-7/h6-10H,5H2,1-4H3;6H,3-4H2,1-2H3. The second-order valence-electron chi connectivity index (χ2n) is 6.89. The molecule has 1 aromatic carbocycles. The monoisotopic (exact) mass is 310 g/mol. The lowest BCUT2D eigenvalue weighted by Gasteiger charge is -2.25. The maximum absolute atomic E-state index is 8.22. The lowest BCUT2D eigenvalue weighted by molar-refractivity contribution is 0.510. The first-order valence-corrected chi connectivity index (χ1v) is 8.61. The minimum Gasteiger partial charge on any atom is -0.256 e. The molecular formula is C21H30N2. The van der Waals surface area contributed by atoms with Gasteiger partial charge in [0.2, 0.25) is 0 Å². The molecule has 0 aliphatic carbocycles. The van der Waals surface area contributed by atoms with Gasteiger partial charge < -0.3 is 0 Å². The number of aryl methyl sites for hydroxylation is 1. The summed E-state index contributed by atoms with van der Waals surface area (Å²) in [6.07, 6.45) is 5.17. The van der Waals surface area contributed by atoms with E-state index in [0.29, 0.717) is 0 Å². The summed E-state index contributed by atoms with van der Waals surface area (Å²) in [5, 5.41) is 9.52. The molecule has 2 rings (SSSR count). The molecule has 124 valence electrons. The topological polar surface area (TPSA) is 36.7 Å². The summed E-state index contributed by atoms with van der Waals surface area (Å²) in [6.45, 7) is 13.0. The van der Waals surface area contributed by atoms with E-state index in [-0.39, 0.29) is 11.3 Å². The van der Waals surface area contributed by atoms with Crippen LogP contribution in [0.3, 0.4) is 0 Å². The van der Waals surface area contributed by atoms with Crippen LogP contribution >= 0.6 is 0 Å². The first kappa shape index (κ1) is 19.2. The van der Waals surface area contributed by atoms with Gasteiger partial charge in [-0.1, -0.05) is 52.3 Å². The second kappa shape index (κ2) is 8.67. The number of benzene rings is 1. The van der Waals surface area contributed by atoms with Gasteiger partial charge in [0.15, 0.2) is 0 Å². The van der Waals surface area contributed by atoms with Crippen LogP contribution in [0.25, 0.3) is 10.9 Å². The largest absolute Gasteiger partial charge is 0.256 e. The highest BCUT2D eigenvalue weighted by Gasteiger charge is 2.20. The Kier molecular flexibility index (Phi) is 7.23. The molecule has 2 heteroatoms. The van der Waals surface area contributed by atoms with Crippen LogP contribution in [0.4, 0.5) is 0 Å². The molecule has 2 nitrogen and oxygen atoms in total. The molecule has 0 aliphatic heterocycles. The molecule has 2 aromatic rings. The maximum atomic E-state index is 8.22. The van der Waals surface area contributed by atoms with Gasteiger partial charge in [-0.3, -0.25) is 4.98 Å². The smallest absolute Gasteiger partial charge is 0.0734 e. The molecule has 0 bridgehead atoms.